The van der Waals surface area contributed by atoms with Crippen molar-refractivity contribution in [2.75, 3.05) is 12.8 Å². The van der Waals surface area contributed by atoms with Gasteiger partial charge in [0, 0.05) is 35.5 Å². The van der Waals surface area contributed by atoms with E-state index in [0.717, 1.165) is 5.75 Å². The lowest BCUT2D eigenvalue weighted by Crippen LogP contribution is -2.18. The fourth-order valence-corrected chi connectivity index (χ4v) is 2.73. The summed E-state index contributed by atoms with van der Waals surface area (Å²) >= 11 is 1.86. The molecule has 0 amide bonds. The Morgan fingerprint density at radius 2 is 2.12 bits per heavy atom. The molecular formula is C13H17N3S. The van der Waals surface area contributed by atoms with Crippen LogP contribution in [0, 0.1) is 0 Å². The second-order valence-electron chi connectivity index (χ2n) is 3.91. The molecule has 1 atom stereocenters. The van der Waals surface area contributed by atoms with Crippen molar-refractivity contribution in [3.05, 3.63) is 48.3 Å². The molecule has 0 saturated carbocycles. The molecule has 4 heteroatoms. The van der Waals surface area contributed by atoms with Crippen molar-refractivity contribution < 1.29 is 0 Å². The predicted octanol–water partition coefficient (Wildman–Crippen LogP) is 2.47. The molecule has 0 bridgehead atoms. The molecule has 0 aliphatic rings. The third kappa shape index (κ3) is 3.35. The fraction of sp³-hybridized carbons (Fsp3) is 0.308. The van der Waals surface area contributed by atoms with Gasteiger partial charge in [0.2, 0.25) is 0 Å². The fourth-order valence-electron chi connectivity index (χ4n) is 1.66. The van der Waals surface area contributed by atoms with E-state index in [1.807, 2.05) is 42.8 Å². The number of nitrogens with zero attached hydrogens (tertiary/aromatic N) is 2. The molecule has 0 aliphatic carbocycles. The predicted molar refractivity (Wildman–Crippen MR) is 72.2 cm³/mol. The molecule has 1 N–H and O–H groups in total. The molecule has 90 valence electrons. The Balaban J connectivity index is 1.97. The zero-order chi connectivity index (χ0) is 12.1. The highest BCUT2D eigenvalue weighted by molar-refractivity contribution is 7.99. The Kier molecular flexibility index (Phi) is 4.23. The van der Waals surface area contributed by atoms with Gasteiger partial charge < -0.3 is 5.32 Å². The minimum absolute atomic E-state index is 0.342. The molecule has 0 fully saturated rings. The first-order chi connectivity index (χ1) is 8.29. The van der Waals surface area contributed by atoms with E-state index in [2.05, 4.69) is 40.9 Å². The monoisotopic (exact) mass is 247 g/mol. The van der Waals surface area contributed by atoms with Crippen molar-refractivity contribution in [2.45, 2.75) is 10.9 Å². The van der Waals surface area contributed by atoms with Crippen LogP contribution >= 0.6 is 11.8 Å². The lowest BCUT2D eigenvalue weighted by Gasteiger charge is -2.13. The number of aryl methyl sites for hydroxylation is 1. The third-order valence-electron chi connectivity index (χ3n) is 2.64. The summed E-state index contributed by atoms with van der Waals surface area (Å²) < 4.78 is 1.84. The van der Waals surface area contributed by atoms with Crippen LogP contribution in [0.4, 0.5) is 0 Å². The highest BCUT2D eigenvalue weighted by Gasteiger charge is 2.11. The molecule has 1 unspecified atom stereocenters. The number of hydrogen-bond donors (Lipinski definition) is 1. The van der Waals surface area contributed by atoms with E-state index in [1.54, 1.807) is 0 Å². The average molecular weight is 247 g/mol. The molecule has 1 aromatic heterocycles. The zero-order valence-electron chi connectivity index (χ0n) is 10.1. The van der Waals surface area contributed by atoms with Crippen molar-refractivity contribution >= 4 is 11.8 Å². The molecule has 0 spiro atoms. The van der Waals surface area contributed by atoms with E-state index in [9.17, 15) is 0 Å². The lowest BCUT2D eigenvalue weighted by molar-refractivity contribution is 0.660. The van der Waals surface area contributed by atoms with Crippen LogP contribution in [0.25, 0.3) is 0 Å². The van der Waals surface area contributed by atoms with Crippen LogP contribution in [0.3, 0.4) is 0 Å². The summed E-state index contributed by atoms with van der Waals surface area (Å²) in [5.41, 5.74) is 1.23. The molecular weight excluding hydrogens is 230 g/mol. The first-order valence-electron chi connectivity index (χ1n) is 5.63. The number of hydrogen-bond acceptors (Lipinski definition) is 3. The van der Waals surface area contributed by atoms with Gasteiger partial charge >= 0.3 is 0 Å². The number of rotatable bonds is 5. The van der Waals surface area contributed by atoms with E-state index >= 15 is 0 Å². The molecule has 3 nitrogen and oxygen atoms in total. The van der Waals surface area contributed by atoms with E-state index < -0.39 is 0 Å². The van der Waals surface area contributed by atoms with Crippen molar-refractivity contribution in [1.82, 2.24) is 15.1 Å². The summed E-state index contributed by atoms with van der Waals surface area (Å²) in [5, 5.41) is 7.54. The second kappa shape index (κ2) is 5.89. The summed E-state index contributed by atoms with van der Waals surface area (Å²) in [6.45, 7) is 0. The van der Waals surface area contributed by atoms with Gasteiger partial charge in [-0.05, 0) is 19.2 Å². The molecule has 2 aromatic rings. The minimum Gasteiger partial charge on any atom is -0.312 e. The number of thioether (sulfide) groups is 1. The van der Waals surface area contributed by atoms with Gasteiger partial charge in [-0.25, -0.2) is 0 Å². The maximum absolute atomic E-state index is 4.21. The highest BCUT2D eigenvalue weighted by Crippen LogP contribution is 2.23. The van der Waals surface area contributed by atoms with Gasteiger partial charge in [-0.2, -0.15) is 5.10 Å². The first-order valence-corrected chi connectivity index (χ1v) is 6.62. The van der Waals surface area contributed by atoms with Crippen LogP contribution in [0.2, 0.25) is 0 Å². The largest absolute Gasteiger partial charge is 0.312 e. The van der Waals surface area contributed by atoms with Crippen LogP contribution in [0.1, 0.15) is 11.6 Å². The maximum Gasteiger partial charge on any atom is 0.0537 e. The number of nitrogens with one attached hydrogen (secondary N) is 1. The van der Waals surface area contributed by atoms with Gasteiger partial charge in [0.1, 0.15) is 0 Å². The molecule has 0 aliphatic heterocycles. The van der Waals surface area contributed by atoms with E-state index in [0.29, 0.717) is 6.04 Å². The SMILES string of the molecule is CNC(CSc1ccccc1)c1cnn(C)c1. The van der Waals surface area contributed by atoms with Crippen LogP contribution in [-0.4, -0.2) is 22.6 Å². The molecule has 1 aromatic carbocycles. The topological polar surface area (TPSA) is 29.9 Å². The maximum atomic E-state index is 4.21. The summed E-state index contributed by atoms with van der Waals surface area (Å²) in [7, 11) is 3.93. The Morgan fingerprint density at radius 3 is 2.71 bits per heavy atom. The van der Waals surface area contributed by atoms with Crippen molar-refractivity contribution in [2.24, 2.45) is 7.05 Å². The van der Waals surface area contributed by atoms with Crippen molar-refractivity contribution in [3.63, 3.8) is 0 Å². The van der Waals surface area contributed by atoms with Gasteiger partial charge in [0.15, 0.2) is 0 Å². The summed E-state index contributed by atoms with van der Waals surface area (Å²) in [4.78, 5) is 1.30. The van der Waals surface area contributed by atoms with Gasteiger partial charge in [-0.3, -0.25) is 4.68 Å². The second-order valence-corrected chi connectivity index (χ2v) is 5.01. The van der Waals surface area contributed by atoms with E-state index in [1.165, 1.54) is 10.5 Å². The zero-order valence-corrected chi connectivity index (χ0v) is 10.9. The number of aromatic nitrogens is 2. The lowest BCUT2D eigenvalue weighted by atomic mass is 10.2. The standard InChI is InChI=1S/C13H17N3S/c1-14-13(11-8-15-16(2)9-11)10-17-12-6-4-3-5-7-12/h3-9,13-14H,10H2,1-2H3. The quantitative estimate of drug-likeness (QED) is 0.823. The van der Waals surface area contributed by atoms with Crippen molar-refractivity contribution in [1.29, 1.82) is 0 Å². The summed E-state index contributed by atoms with van der Waals surface area (Å²) in [6.07, 6.45) is 3.99. The van der Waals surface area contributed by atoms with E-state index in [-0.39, 0.29) is 0 Å². The first kappa shape index (κ1) is 12.2. The molecule has 0 radical (unpaired) electrons. The van der Waals surface area contributed by atoms with Crippen molar-refractivity contribution in [3.8, 4) is 0 Å². The third-order valence-corrected chi connectivity index (χ3v) is 3.74. The van der Waals surface area contributed by atoms with Crippen LogP contribution in [-0.2, 0) is 7.05 Å². The smallest absolute Gasteiger partial charge is 0.0537 e. The Morgan fingerprint density at radius 1 is 1.35 bits per heavy atom. The molecule has 1 heterocycles. The van der Waals surface area contributed by atoms with Gasteiger partial charge in [-0.1, -0.05) is 18.2 Å². The van der Waals surface area contributed by atoms with E-state index in [4.69, 9.17) is 0 Å². The highest BCUT2D eigenvalue weighted by atomic mass is 32.2. The molecule has 17 heavy (non-hydrogen) atoms. The van der Waals surface area contributed by atoms with Crippen LogP contribution < -0.4 is 5.32 Å². The van der Waals surface area contributed by atoms with Gasteiger partial charge in [-0.15, -0.1) is 11.8 Å². The molecule has 0 saturated heterocycles. The minimum atomic E-state index is 0.342. The Labute approximate surface area is 106 Å². The Hall–Kier alpha value is -1.26. The summed E-state index contributed by atoms with van der Waals surface area (Å²) in [5.74, 6) is 1.01. The average Bonchev–Trinajstić information content (AvgIpc) is 2.78. The normalized spacial score (nSPS) is 12.6. The molecule has 2 rings (SSSR count). The van der Waals surface area contributed by atoms with Gasteiger partial charge in [0.25, 0.3) is 0 Å². The summed E-state index contributed by atoms with van der Waals surface area (Å²) in [6, 6.07) is 10.8. The van der Waals surface area contributed by atoms with Crippen LogP contribution in [0.5, 0.6) is 0 Å². The Bertz CT molecular complexity index is 453. The van der Waals surface area contributed by atoms with Gasteiger partial charge in [0.05, 0.1) is 6.20 Å². The number of benzene rings is 1. The van der Waals surface area contributed by atoms with Crippen LogP contribution in [0.15, 0.2) is 47.6 Å².